The Balaban J connectivity index is 2.07. The van der Waals surface area contributed by atoms with E-state index in [0.717, 1.165) is 14.7 Å². The average molecular weight is 465 g/mol. The molecule has 0 spiro atoms. The van der Waals surface area contributed by atoms with Crippen molar-refractivity contribution in [2.24, 2.45) is 4.99 Å². The van der Waals surface area contributed by atoms with Gasteiger partial charge in [0.25, 0.3) is 5.91 Å². The van der Waals surface area contributed by atoms with Crippen LogP contribution < -0.4 is 14.3 Å². The maximum Gasteiger partial charge on any atom is 0.279 e. The number of nitrogens with zero attached hydrogens (tertiary/aromatic N) is 2. The van der Waals surface area contributed by atoms with Crippen LogP contribution in [0.3, 0.4) is 0 Å². The summed E-state index contributed by atoms with van der Waals surface area (Å²) in [6, 6.07) is 11.0. The van der Waals surface area contributed by atoms with Crippen molar-refractivity contribution in [3.63, 3.8) is 0 Å². The topological polar surface area (TPSA) is 62.1 Å². The number of thiazole rings is 1. The number of hydrogen-bond donors (Lipinski definition) is 0. The smallest absolute Gasteiger partial charge is 0.279 e. The number of fused-ring (bicyclic) bond motifs is 1. The molecule has 148 valence electrons. The molecular formula is C20H21BrN2O4S. The van der Waals surface area contributed by atoms with E-state index in [1.165, 1.54) is 11.3 Å². The first kappa shape index (κ1) is 20.6. The number of hydrogen-bond acceptors (Lipinski definition) is 5. The van der Waals surface area contributed by atoms with Crippen molar-refractivity contribution in [2.45, 2.75) is 13.5 Å². The fourth-order valence-corrected chi connectivity index (χ4v) is 4.34. The number of carbonyl (C=O) groups excluding carboxylic acids is 1. The van der Waals surface area contributed by atoms with Crippen LogP contribution in [-0.4, -0.2) is 37.9 Å². The first-order chi connectivity index (χ1) is 13.5. The first-order valence-electron chi connectivity index (χ1n) is 8.74. The second-order valence-electron chi connectivity index (χ2n) is 5.86. The normalized spacial score (nSPS) is 11.8. The number of methoxy groups -OCH3 is 2. The van der Waals surface area contributed by atoms with E-state index in [9.17, 15) is 4.79 Å². The molecule has 6 nitrogen and oxygen atoms in total. The molecule has 0 saturated carbocycles. The Kier molecular flexibility index (Phi) is 6.88. The fraction of sp³-hybridized carbons (Fsp3) is 0.300. The minimum atomic E-state index is -0.354. The van der Waals surface area contributed by atoms with Gasteiger partial charge in [-0.25, -0.2) is 0 Å². The van der Waals surface area contributed by atoms with Crippen LogP contribution in [0.5, 0.6) is 11.5 Å². The van der Waals surface area contributed by atoms with Crippen LogP contribution in [0.2, 0.25) is 0 Å². The molecule has 0 N–H and O–H groups in total. The lowest BCUT2D eigenvalue weighted by Crippen LogP contribution is -2.19. The van der Waals surface area contributed by atoms with Crippen molar-refractivity contribution in [1.82, 2.24) is 4.57 Å². The van der Waals surface area contributed by atoms with Gasteiger partial charge in [0.2, 0.25) is 0 Å². The van der Waals surface area contributed by atoms with Crippen molar-refractivity contribution in [2.75, 3.05) is 27.4 Å². The average Bonchev–Trinajstić information content (AvgIpc) is 3.03. The SMILES string of the molecule is CCOCCn1c(=NC(=O)c2cc(OC)cc(OC)c2)sc2cc(Br)ccc21. The number of aromatic nitrogens is 1. The Morgan fingerprint density at radius 1 is 1.14 bits per heavy atom. The molecule has 3 aromatic rings. The summed E-state index contributed by atoms with van der Waals surface area (Å²) < 4.78 is 20.0. The Hall–Kier alpha value is -2.16. The fourth-order valence-electron chi connectivity index (χ4n) is 2.73. The molecule has 2 aromatic carbocycles. The number of rotatable bonds is 7. The molecule has 0 aliphatic heterocycles. The van der Waals surface area contributed by atoms with E-state index in [4.69, 9.17) is 14.2 Å². The number of halogens is 1. The molecule has 28 heavy (non-hydrogen) atoms. The van der Waals surface area contributed by atoms with Crippen molar-refractivity contribution < 1.29 is 19.0 Å². The van der Waals surface area contributed by atoms with Crippen molar-refractivity contribution >= 4 is 43.4 Å². The zero-order valence-electron chi connectivity index (χ0n) is 15.9. The van der Waals surface area contributed by atoms with E-state index in [1.54, 1.807) is 32.4 Å². The highest BCUT2D eigenvalue weighted by Gasteiger charge is 2.12. The molecule has 0 radical (unpaired) electrons. The third kappa shape index (κ3) is 4.63. The van der Waals surface area contributed by atoms with Gasteiger partial charge in [-0.1, -0.05) is 27.3 Å². The summed E-state index contributed by atoms with van der Waals surface area (Å²) in [5, 5.41) is 0. The summed E-state index contributed by atoms with van der Waals surface area (Å²) in [7, 11) is 3.09. The maximum atomic E-state index is 12.9. The van der Waals surface area contributed by atoms with Crippen molar-refractivity contribution in [1.29, 1.82) is 0 Å². The quantitative estimate of drug-likeness (QED) is 0.490. The molecule has 1 aromatic heterocycles. The first-order valence-corrected chi connectivity index (χ1v) is 10.4. The van der Waals surface area contributed by atoms with Crippen LogP contribution in [0, 0.1) is 0 Å². The number of ether oxygens (including phenoxy) is 3. The molecule has 0 saturated heterocycles. The standard InChI is InChI=1S/C20H21BrN2O4S/c1-4-27-8-7-23-17-6-5-14(21)11-18(17)28-20(23)22-19(24)13-9-15(25-2)12-16(10-13)26-3/h5-6,9-12H,4,7-8H2,1-3H3. The van der Waals surface area contributed by atoms with Crippen molar-refractivity contribution in [3.05, 3.63) is 51.2 Å². The van der Waals surface area contributed by atoms with Gasteiger partial charge in [-0.2, -0.15) is 4.99 Å². The Morgan fingerprint density at radius 3 is 2.50 bits per heavy atom. The van der Waals surface area contributed by atoms with Gasteiger partial charge in [0, 0.05) is 29.3 Å². The third-order valence-corrected chi connectivity index (χ3v) is 5.64. The minimum absolute atomic E-state index is 0.354. The van der Waals surface area contributed by atoms with Gasteiger partial charge >= 0.3 is 0 Å². The summed E-state index contributed by atoms with van der Waals surface area (Å²) in [6.07, 6.45) is 0. The second-order valence-corrected chi connectivity index (χ2v) is 7.79. The minimum Gasteiger partial charge on any atom is -0.497 e. The van der Waals surface area contributed by atoms with Crippen LogP contribution in [0.15, 0.2) is 45.9 Å². The third-order valence-electron chi connectivity index (χ3n) is 4.10. The van der Waals surface area contributed by atoms with E-state index < -0.39 is 0 Å². The van der Waals surface area contributed by atoms with Gasteiger partial charge < -0.3 is 18.8 Å². The molecule has 0 unspecified atom stereocenters. The Labute approximate surface area is 175 Å². The highest BCUT2D eigenvalue weighted by Crippen LogP contribution is 2.24. The molecule has 0 aliphatic carbocycles. The molecule has 0 bridgehead atoms. The van der Waals surface area contributed by atoms with Crippen LogP contribution in [0.1, 0.15) is 17.3 Å². The summed E-state index contributed by atoms with van der Waals surface area (Å²) in [6.45, 7) is 3.76. The molecule has 0 aliphatic rings. The van der Waals surface area contributed by atoms with E-state index in [0.29, 0.717) is 41.6 Å². The molecule has 0 atom stereocenters. The monoisotopic (exact) mass is 464 g/mol. The van der Waals surface area contributed by atoms with E-state index in [1.807, 2.05) is 29.7 Å². The molecule has 1 heterocycles. The molecule has 1 amide bonds. The van der Waals surface area contributed by atoms with E-state index in [-0.39, 0.29) is 5.91 Å². The lowest BCUT2D eigenvalue weighted by atomic mass is 10.2. The van der Waals surface area contributed by atoms with Crippen LogP contribution in [0.4, 0.5) is 0 Å². The van der Waals surface area contributed by atoms with Gasteiger partial charge in [-0.05, 0) is 37.3 Å². The Bertz CT molecular complexity index is 1040. The van der Waals surface area contributed by atoms with Crippen LogP contribution in [-0.2, 0) is 11.3 Å². The number of amides is 1. The summed E-state index contributed by atoms with van der Waals surface area (Å²) in [4.78, 5) is 17.9. The van der Waals surface area contributed by atoms with E-state index in [2.05, 4.69) is 20.9 Å². The summed E-state index contributed by atoms with van der Waals surface area (Å²) >= 11 is 4.96. The summed E-state index contributed by atoms with van der Waals surface area (Å²) in [5.41, 5.74) is 1.42. The van der Waals surface area contributed by atoms with Gasteiger partial charge in [0.1, 0.15) is 11.5 Å². The highest BCUT2D eigenvalue weighted by atomic mass is 79.9. The largest absolute Gasteiger partial charge is 0.497 e. The molecule has 3 rings (SSSR count). The van der Waals surface area contributed by atoms with Crippen molar-refractivity contribution in [3.8, 4) is 11.5 Å². The number of carbonyl (C=O) groups is 1. The molecular weight excluding hydrogens is 444 g/mol. The zero-order chi connectivity index (χ0) is 20.1. The van der Waals surface area contributed by atoms with Gasteiger partial charge in [-0.15, -0.1) is 0 Å². The lowest BCUT2D eigenvalue weighted by molar-refractivity contribution is 0.0996. The summed E-state index contributed by atoms with van der Waals surface area (Å²) in [5.74, 6) is 0.734. The van der Waals surface area contributed by atoms with Gasteiger partial charge in [-0.3, -0.25) is 4.79 Å². The number of benzene rings is 2. The van der Waals surface area contributed by atoms with Crippen LogP contribution >= 0.6 is 27.3 Å². The predicted octanol–water partition coefficient (Wildman–Crippen LogP) is 4.26. The highest BCUT2D eigenvalue weighted by molar-refractivity contribution is 9.10. The lowest BCUT2D eigenvalue weighted by Gasteiger charge is -2.07. The van der Waals surface area contributed by atoms with Gasteiger partial charge in [0.05, 0.1) is 31.0 Å². The van der Waals surface area contributed by atoms with E-state index >= 15 is 0 Å². The second kappa shape index (κ2) is 9.36. The maximum absolute atomic E-state index is 12.9. The zero-order valence-corrected chi connectivity index (χ0v) is 18.3. The Morgan fingerprint density at radius 2 is 1.86 bits per heavy atom. The predicted molar refractivity (Wildman–Crippen MR) is 113 cm³/mol. The van der Waals surface area contributed by atoms with Crippen LogP contribution in [0.25, 0.3) is 10.2 Å². The molecule has 0 fully saturated rings. The molecule has 8 heteroatoms. The van der Waals surface area contributed by atoms with Gasteiger partial charge in [0.15, 0.2) is 4.80 Å².